The van der Waals surface area contributed by atoms with Gasteiger partial charge in [-0.3, -0.25) is 4.79 Å². The van der Waals surface area contributed by atoms with Crippen molar-refractivity contribution in [1.29, 1.82) is 0 Å². The molecule has 0 spiro atoms. The highest BCUT2D eigenvalue weighted by Gasteiger charge is 2.11. The van der Waals surface area contributed by atoms with Gasteiger partial charge < -0.3 is 14.8 Å². The third-order valence-electron chi connectivity index (χ3n) is 2.81. The number of methoxy groups -OCH3 is 1. The van der Waals surface area contributed by atoms with Crippen LogP contribution in [0.4, 0.5) is 0 Å². The molecular formula is C17H24ClNO3. The molecule has 5 heteroatoms. The summed E-state index contributed by atoms with van der Waals surface area (Å²) in [6, 6.07) is 3.55. The van der Waals surface area contributed by atoms with Crippen molar-refractivity contribution in [3.8, 4) is 11.5 Å². The van der Waals surface area contributed by atoms with Gasteiger partial charge in [0.2, 0.25) is 5.91 Å². The number of hydrogen-bond acceptors (Lipinski definition) is 3. The summed E-state index contributed by atoms with van der Waals surface area (Å²) >= 11 is 6.23. The average molecular weight is 326 g/mol. The van der Waals surface area contributed by atoms with Gasteiger partial charge in [-0.15, -0.1) is 0 Å². The first-order chi connectivity index (χ1) is 10.5. The SMILES string of the molecule is CCCOc1c(Cl)cc(/C=C/C(=O)NCC(C)C)cc1OC. The van der Waals surface area contributed by atoms with Crippen molar-refractivity contribution >= 4 is 23.6 Å². The number of ether oxygens (including phenoxy) is 2. The lowest BCUT2D eigenvalue weighted by atomic mass is 10.1. The molecule has 0 saturated heterocycles. The van der Waals surface area contributed by atoms with Crippen LogP contribution in [0.3, 0.4) is 0 Å². The number of rotatable bonds is 8. The van der Waals surface area contributed by atoms with Gasteiger partial charge in [0, 0.05) is 12.6 Å². The zero-order chi connectivity index (χ0) is 16.5. The number of benzene rings is 1. The molecule has 0 radical (unpaired) electrons. The zero-order valence-corrected chi connectivity index (χ0v) is 14.4. The van der Waals surface area contributed by atoms with Crippen molar-refractivity contribution in [3.05, 3.63) is 28.8 Å². The Morgan fingerprint density at radius 2 is 2.14 bits per heavy atom. The summed E-state index contributed by atoms with van der Waals surface area (Å²) in [7, 11) is 1.56. The van der Waals surface area contributed by atoms with Crippen LogP contribution in [0.1, 0.15) is 32.8 Å². The molecule has 1 amide bonds. The fourth-order valence-electron chi connectivity index (χ4n) is 1.72. The molecule has 0 saturated carbocycles. The molecule has 0 aliphatic heterocycles. The van der Waals surface area contributed by atoms with Crippen molar-refractivity contribution in [2.75, 3.05) is 20.3 Å². The molecule has 0 bridgehead atoms. The van der Waals surface area contributed by atoms with Crippen molar-refractivity contribution in [1.82, 2.24) is 5.32 Å². The average Bonchev–Trinajstić information content (AvgIpc) is 2.49. The van der Waals surface area contributed by atoms with Crippen molar-refractivity contribution < 1.29 is 14.3 Å². The second-order valence-electron chi connectivity index (χ2n) is 5.35. The standard InChI is InChI=1S/C17H24ClNO3/c1-5-8-22-17-14(18)9-13(10-15(17)21-4)6-7-16(20)19-11-12(2)3/h6-7,9-10,12H,5,8,11H2,1-4H3,(H,19,20)/b7-6+. The molecule has 0 unspecified atom stereocenters. The first-order valence-corrected chi connectivity index (χ1v) is 7.82. The maximum Gasteiger partial charge on any atom is 0.244 e. The lowest BCUT2D eigenvalue weighted by Crippen LogP contribution is -2.25. The van der Waals surface area contributed by atoms with E-state index in [0.29, 0.717) is 35.6 Å². The van der Waals surface area contributed by atoms with Crippen LogP contribution in [0, 0.1) is 5.92 Å². The largest absolute Gasteiger partial charge is 0.493 e. The highest BCUT2D eigenvalue weighted by atomic mass is 35.5. The number of halogens is 1. The molecule has 1 aromatic carbocycles. The predicted molar refractivity (Wildman–Crippen MR) is 90.7 cm³/mol. The summed E-state index contributed by atoms with van der Waals surface area (Å²) in [5, 5.41) is 3.29. The van der Waals surface area contributed by atoms with Gasteiger partial charge in [-0.1, -0.05) is 32.4 Å². The van der Waals surface area contributed by atoms with Crippen molar-refractivity contribution in [3.63, 3.8) is 0 Å². The number of nitrogens with one attached hydrogen (secondary N) is 1. The Balaban J connectivity index is 2.83. The number of carbonyl (C=O) groups excluding carboxylic acids is 1. The molecule has 1 aromatic rings. The molecule has 0 aliphatic carbocycles. The normalized spacial score (nSPS) is 11.0. The van der Waals surface area contributed by atoms with Gasteiger partial charge in [-0.05, 0) is 36.1 Å². The Kier molecular flexibility index (Phi) is 7.82. The molecule has 1 N–H and O–H groups in total. The van der Waals surface area contributed by atoms with Gasteiger partial charge in [-0.2, -0.15) is 0 Å². The van der Waals surface area contributed by atoms with Crippen LogP contribution in [-0.4, -0.2) is 26.2 Å². The van der Waals surface area contributed by atoms with Crippen molar-refractivity contribution in [2.45, 2.75) is 27.2 Å². The molecule has 0 atom stereocenters. The summed E-state index contributed by atoms with van der Waals surface area (Å²) in [6.07, 6.45) is 4.07. The maximum absolute atomic E-state index is 11.7. The first kappa shape index (κ1) is 18.4. The Morgan fingerprint density at radius 3 is 2.73 bits per heavy atom. The Morgan fingerprint density at radius 1 is 1.41 bits per heavy atom. The van der Waals surface area contributed by atoms with Crippen LogP contribution in [0.15, 0.2) is 18.2 Å². The van der Waals surface area contributed by atoms with E-state index in [0.717, 1.165) is 12.0 Å². The Bertz CT molecular complexity index is 527. The van der Waals surface area contributed by atoms with Crippen LogP contribution in [0.5, 0.6) is 11.5 Å². The Hall–Kier alpha value is -1.68. The van der Waals surface area contributed by atoms with Gasteiger partial charge >= 0.3 is 0 Å². The summed E-state index contributed by atoms with van der Waals surface area (Å²) in [5.74, 6) is 1.38. The molecular weight excluding hydrogens is 302 g/mol. The zero-order valence-electron chi connectivity index (χ0n) is 13.6. The number of carbonyl (C=O) groups is 1. The highest BCUT2D eigenvalue weighted by Crippen LogP contribution is 2.36. The molecule has 0 heterocycles. The van der Waals surface area contributed by atoms with E-state index in [1.54, 1.807) is 25.3 Å². The van der Waals surface area contributed by atoms with E-state index in [4.69, 9.17) is 21.1 Å². The second-order valence-corrected chi connectivity index (χ2v) is 5.76. The summed E-state index contributed by atoms with van der Waals surface area (Å²) in [4.78, 5) is 11.7. The lowest BCUT2D eigenvalue weighted by Gasteiger charge is -2.12. The smallest absolute Gasteiger partial charge is 0.244 e. The van der Waals surface area contributed by atoms with Crippen molar-refractivity contribution in [2.24, 2.45) is 5.92 Å². The predicted octanol–water partition coefficient (Wildman–Crippen LogP) is 3.92. The minimum atomic E-state index is -0.130. The van der Waals surface area contributed by atoms with E-state index < -0.39 is 0 Å². The maximum atomic E-state index is 11.7. The van der Waals surface area contributed by atoms with E-state index in [9.17, 15) is 4.79 Å². The Labute approximate surface area is 137 Å². The number of hydrogen-bond donors (Lipinski definition) is 1. The van der Waals surface area contributed by atoms with Crippen LogP contribution < -0.4 is 14.8 Å². The third kappa shape index (κ3) is 5.98. The molecule has 4 nitrogen and oxygen atoms in total. The fraction of sp³-hybridized carbons (Fsp3) is 0.471. The summed E-state index contributed by atoms with van der Waals surface area (Å²) in [5.41, 5.74) is 0.783. The fourth-order valence-corrected chi connectivity index (χ4v) is 1.99. The number of amides is 1. The van der Waals surface area contributed by atoms with E-state index in [1.807, 2.05) is 20.8 Å². The van der Waals surface area contributed by atoms with Gasteiger partial charge in [0.15, 0.2) is 11.5 Å². The monoisotopic (exact) mass is 325 g/mol. The van der Waals surface area contributed by atoms with Crippen LogP contribution in [0.25, 0.3) is 6.08 Å². The van der Waals surface area contributed by atoms with E-state index in [2.05, 4.69) is 5.32 Å². The van der Waals surface area contributed by atoms with Crippen LogP contribution in [-0.2, 0) is 4.79 Å². The summed E-state index contributed by atoms with van der Waals surface area (Å²) in [6.45, 7) is 7.33. The van der Waals surface area contributed by atoms with Gasteiger partial charge in [0.1, 0.15) is 0 Å². The molecule has 122 valence electrons. The lowest BCUT2D eigenvalue weighted by molar-refractivity contribution is -0.116. The molecule has 22 heavy (non-hydrogen) atoms. The second kappa shape index (κ2) is 9.36. The van der Waals surface area contributed by atoms with E-state index in [1.165, 1.54) is 6.08 Å². The van der Waals surface area contributed by atoms with Gasteiger partial charge in [0.05, 0.1) is 18.7 Å². The molecule has 0 fully saturated rings. The van der Waals surface area contributed by atoms with Crippen LogP contribution in [0.2, 0.25) is 5.02 Å². The summed E-state index contributed by atoms with van der Waals surface area (Å²) < 4.78 is 10.9. The van der Waals surface area contributed by atoms with E-state index in [-0.39, 0.29) is 5.91 Å². The van der Waals surface area contributed by atoms with Crippen LogP contribution >= 0.6 is 11.6 Å². The first-order valence-electron chi connectivity index (χ1n) is 7.44. The van der Waals surface area contributed by atoms with Gasteiger partial charge in [0.25, 0.3) is 0 Å². The minimum Gasteiger partial charge on any atom is -0.493 e. The third-order valence-corrected chi connectivity index (χ3v) is 3.09. The highest BCUT2D eigenvalue weighted by molar-refractivity contribution is 6.32. The molecule has 0 aliphatic rings. The topological polar surface area (TPSA) is 47.6 Å². The molecule has 1 rings (SSSR count). The molecule has 0 aromatic heterocycles. The quantitative estimate of drug-likeness (QED) is 0.737. The minimum absolute atomic E-state index is 0.130. The van der Waals surface area contributed by atoms with Gasteiger partial charge in [-0.25, -0.2) is 0 Å². The van der Waals surface area contributed by atoms with E-state index >= 15 is 0 Å².